The summed E-state index contributed by atoms with van der Waals surface area (Å²) >= 11 is 3.49. The van der Waals surface area contributed by atoms with Crippen LogP contribution >= 0.6 is 15.9 Å². The van der Waals surface area contributed by atoms with Crippen LogP contribution in [-0.2, 0) is 0 Å². The van der Waals surface area contributed by atoms with Crippen LogP contribution < -0.4 is 10.5 Å². The number of rotatable bonds is 7. The van der Waals surface area contributed by atoms with E-state index in [9.17, 15) is 0 Å². The minimum absolute atomic E-state index is 0.608. The lowest BCUT2D eigenvalue weighted by Gasteiger charge is -2.16. The van der Waals surface area contributed by atoms with E-state index >= 15 is 0 Å². The van der Waals surface area contributed by atoms with Crippen LogP contribution in [0.3, 0.4) is 0 Å². The molecule has 18 heavy (non-hydrogen) atoms. The van der Waals surface area contributed by atoms with Crippen molar-refractivity contribution in [2.75, 3.05) is 12.3 Å². The molecule has 0 aliphatic rings. The van der Waals surface area contributed by atoms with Crippen molar-refractivity contribution in [2.45, 2.75) is 46.5 Å². The summed E-state index contributed by atoms with van der Waals surface area (Å²) in [5, 5.41) is 0. The molecule has 102 valence electrons. The molecule has 1 rings (SSSR count). The molecule has 3 nitrogen and oxygen atoms in total. The molecule has 0 saturated heterocycles. The van der Waals surface area contributed by atoms with Gasteiger partial charge in [0.1, 0.15) is 0 Å². The molecular weight excluding hydrogens is 292 g/mol. The summed E-state index contributed by atoms with van der Waals surface area (Å²) in [5.41, 5.74) is 7.46. The quantitative estimate of drug-likeness (QED) is 0.814. The molecule has 4 heteroatoms. The minimum Gasteiger partial charge on any atom is -0.477 e. The summed E-state index contributed by atoms with van der Waals surface area (Å²) < 4.78 is 6.68. The smallest absolute Gasteiger partial charge is 0.228 e. The molecule has 1 aromatic heterocycles. The van der Waals surface area contributed by atoms with Gasteiger partial charge >= 0.3 is 0 Å². The van der Waals surface area contributed by atoms with Crippen molar-refractivity contribution in [3.8, 4) is 5.88 Å². The maximum absolute atomic E-state index is 5.81. The third-order valence-corrected chi connectivity index (χ3v) is 4.20. The van der Waals surface area contributed by atoms with Crippen molar-refractivity contribution >= 4 is 21.6 Å². The summed E-state index contributed by atoms with van der Waals surface area (Å²) in [6, 6.07) is 0. The number of hydrogen-bond donors (Lipinski definition) is 1. The van der Waals surface area contributed by atoms with Gasteiger partial charge in [0.05, 0.1) is 23.0 Å². The summed E-state index contributed by atoms with van der Waals surface area (Å²) in [5.74, 6) is 1.26. The SMILES string of the molecule is CCCCC(CC)COc1ncc(N)c(C)c1Br. The van der Waals surface area contributed by atoms with Crippen molar-refractivity contribution in [3.05, 3.63) is 16.2 Å². The van der Waals surface area contributed by atoms with Gasteiger partial charge in [0.15, 0.2) is 0 Å². The van der Waals surface area contributed by atoms with Crippen LogP contribution in [0.5, 0.6) is 5.88 Å². The monoisotopic (exact) mass is 314 g/mol. The van der Waals surface area contributed by atoms with Gasteiger partial charge < -0.3 is 10.5 Å². The Balaban J connectivity index is 2.59. The Labute approximate surface area is 118 Å². The maximum atomic E-state index is 5.81. The predicted molar refractivity (Wildman–Crippen MR) is 79.9 cm³/mol. The Bertz CT molecular complexity index is 382. The second-order valence-corrected chi connectivity index (χ2v) is 5.48. The second-order valence-electron chi connectivity index (χ2n) is 4.69. The molecule has 0 aliphatic heterocycles. The number of unbranched alkanes of at least 4 members (excludes halogenated alkanes) is 1. The lowest BCUT2D eigenvalue weighted by atomic mass is 10.0. The molecule has 1 unspecified atom stereocenters. The van der Waals surface area contributed by atoms with Gasteiger partial charge in [-0.05, 0) is 40.8 Å². The summed E-state index contributed by atoms with van der Waals surface area (Å²) in [6.07, 6.45) is 6.52. The molecule has 0 fully saturated rings. The zero-order valence-corrected chi connectivity index (χ0v) is 13.1. The van der Waals surface area contributed by atoms with E-state index < -0.39 is 0 Å². The number of nitrogen functional groups attached to an aromatic ring is 1. The van der Waals surface area contributed by atoms with E-state index in [4.69, 9.17) is 10.5 Å². The van der Waals surface area contributed by atoms with E-state index in [0.717, 1.165) is 23.1 Å². The van der Waals surface area contributed by atoms with E-state index in [-0.39, 0.29) is 0 Å². The standard InChI is InChI=1S/C14H23BrN2O/c1-4-6-7-11(5-2)9-18-14-13(15)10(3)12(16)8-17-14/h8,11H,4-7,9,16H2,1-3H3. The molecule has 1 heterocycles. The second kappa shape index (κ2) is 7.62. The Morgan fingerprint density at radius 1 is 1.44 bits per heavy atom. The molecule has 1 atom stereocenters. The van der Waals surface area contributed by atoms with E-state index in [0.29, 0.717) is 17.5 Å². The molecule has 0 amide bonds. The van der Waals surface area contributed by atoms with Crippen LogP contribution in [0, 0.1) is 12.8 Å². The number of nitrogens with two attached hydrogens (primary N) is 1. The fraction of sp³-hybridized carbons (Fsp3) is 0.643. The number of nitrogens with zero attached hydrogens (tertiary/aromatic N) is 1. The number of aromatic nitrogens is 1. The summed E-state index contributed by atoms with van der Waals surface area (Å²) in [4.78, 5) is 4.23. The van der Waals surface area contributed by atoms with Gasteiger partial charge in [0.25, 0.3) is 0 Å². The van der Waals surface area contributed by atoms with Crippen LogP contribution in [0.2, 0.25) is 0 Å². The highest BCUT2D eigenvalue weighted by atomic mass is 79.9. The van der Waals surface area contributed by atoms with Crippen LogP contribution in [-0.4, -0.2) is 11.6 Å². The van der Waals surface area contributed by atoms with E-state index in [2.05, 4.69) is 34.8 Å². The highest BCUT2D eigenvalue weighted by Crippen LogP contribution is 2.30. The highest BCUT2D eigenvalue weighted by Gasteiger charge is 2.12. The normalized spacial score (nSPS) is 12.4. The van der Waals surface area contributed by atoms with Gasteiger partial charge in [0, 0.05) is 0 Å². The Morgan fingerprint density at radius 2 is 2.17 bits per heavy atom. The van der Waals surface area contributed by atoms with Crippen LogP contribution in [0.15, 0.2) is 10.7 Å². The van der Waals surface area contributed by atoms with Gasteiger partial charge in [-0.1, -0.05) is 33.1 Å². The van der Waals surface area contributed by atoms with E-state index in [1.807, 2.05) is 6.92 Å². The number of halogens is 1. The number of hydrogen-bond acceptors (Lipinski definition) is 3. The Morgan fingerprint density at radius 3 is 2.78 bits per heavy atom. The Hall–Kier alpha value is -0.770. The molecule has 0 bridgehead atoms. The van der Waals surface area contributed by atoms with Gasteiger partial charge in [-0.3, -0.25) is 0 Å². The minimum atomic E-state index is 0.608. The number of ether oxygens (including phenoxy) is 1. The lowest BCUT2D eigenvalue weighted by molar-refractivity contribution is 0.224. The summed E-state index contributed by atoms with van der Waals surface area (Å²) in [7, 11) is 0. The largest absolute Gasteiger partial charge is 0.477 e. The van der Waals surface area contributed by atoms with Crippen molar-refractivity contribution in [2.24, 2.45) is 5.92 Å². The third-order valence-electron chi connectivity index (χ3n) is 3.27. The topological polar surface area (TPSA) is 48.1 Å². The first-order valence-corrected chi connectivity index (χ1v) is 7.42. The van der Waals surface area contributed by atoms with Crippen molar-refractivity contribution in [1.29, 1.82) is 0 Å². The molecule has 1 aromatic rings. The predicted octanol–water partition coefficient (Wildman–Crippen LogP) is 4.33. The van der Waals surface area contributed by atoms with E-state index in [1.165, 1.54) is 19.3 Å². The first-order valence-electron chi connectivity index (χ1n) is 6.63. The summed E-state index contributed by atoms with van der Waals surface area (Å²) in [6.45, 7) is 7.11. The van der Waals surface area contributed by atoms with Crippen molar-refractivity contribution in [1.82, 2.24) is 4.98 Å². The van der Waals surface area contributed by atoms with Crippen molar-refractivity contribution < 1.29 is 4.74 Å². The van der Waals surface area contributed by atoms with Crippen LogP contribution in [0.25, 0.3) is 0 Å². The van der Waals surface area contributed by atoms with Gasteiger partial charge in [-0.15, -0.1) is 0 Å². The third kappa shape index (κ3) is 4.16. The number of pyridine rings is 1. The fourth-order valence-corrected chi connectivity index (χ4v) is 2.21. The first-order chi connectivity index (χ1) is 8.60. The average Bonchev–Trinajstić information content (AvgIpc) is 2.38. The molecule has 0 saturated carbocycles. The Kier molecular flexibility index (Phi) is 6.47. The van der Waals surface area contributed by atoms with Crippen LogP contribution in [0.1, 0.15) is 45.1 Å². The zero-order chi connectivity index (χ0) is 13.5. The molecule has 0 aromatic carbocycles. The highest BCUT2D eigenvalue weighted by molar-refractivity contribution is 9.10. The van der Waals surface area contributed by atoms with E-state index in [1.54, 1.807) is 6.20 Å². The first kappa shape index (κ1) is 15.3. The zero-order valence-electron chi connectivity index (χ0n) is 11.5. The van der Waals surface area contributed by atoms with Crippen LogP contribution in [0.4, 0.5) is 5.69 Å². The average molecular weight is 315 g/mol. The molecule has 0 aliphatic carbocycles. The van der Waals surface area contributed by atoms with Crippen molar-refractivity contribution in [3.63, 3.8) is 0 Å². The van der Waals surface area contributed by atoms with Gasteiger partial charge in [-0.25, -0.2) is 4.98 Å². The van der Waals surface area contributed by atoms with Gasteiger partial charge in [-0.2, -0.15) is 0 Å². The molecular formula is C14H23BrN2O. The molecule has 0 spiro atoms. The number of anilines is 1. The molecule has 2 N–H and O–H groups in total. The van der Waals surface area contributed by atoms with Gasteiger partial charge in [0.2, 0.25) is 5.88 Å². The fourth-order valence-electron chi connectivity index (χ4n) is 1.76. The molecule has 0 radical (unpaired) electrons. The lowest BCUT2D eigenvalue weighted by Crippen LogP contribution is -2.12. The maximum Gasteiger partial charge on any atom is 0.228 e.